The highest BCUT2D eigenvalue weighted by Crippen LogP contribution is 2.35. The maximum Gasteiger partial charge on any atom is 0.216 e. The Balaban J connectivity index is 1.90. The van der Waals surface area contributed by atoms with Crippen LogP contribution in [0.4, 0.5) is 11.4 Å². The van der Waals surface area contributed by atoms with Crippen LogP contribution in [0.3, 0.4) is 0 Å². The van der Waals surface area contributed by atoms with E-state index < -0.39 is 0 Å². The fraction of sp³-hybridized carbons (Fsp3) is 0.350. The number of nitrogens with zero attached hydrogens (tertiary/aromatic N) is 2. The summed E-state index contributed by atoms with van der Waals surface area (Å²) >= 11 is 0. The fourth-order valence-electron chi connectivity index (χ4n) is 3.33. The molecule has 1 amide bonds. The molecule has 1 aliphatic heterocycles. The Labute approximate surface area is 144 Å². The molecule has 2 aromatic carbocycles. The van der Waals surface area contributed by atoms with Crippen molar-refractivity contribution in [2.45, 2.75) is 19.4 Å². The second-order valence-electron chi connectivity index (χ2n) is 6.51. The molecular formula is C20H25N3O. The van der Waals surface area contributed by atoms with Crippen molar-refractivity contribution in [3.63, 3.8) is 0 Å². The quantitative estimate of drug-likeness (QED) is 0.919. The van der Waals surface area contributed by atoms with Crippen molar-refractivity contribution < 1.29 is 4.79 Å². The lowest BCUT2D eigenvalue weighted by Gasteiger charge is -2.31. The number of hydrogen-bond acceptors (Lipinski definition) is 3. The Kier molecular flexibility index (Phi) is 4.74. The van der Waals surface area contributed by atoms with Crippen molar-refractivity contribution in [3.8, 4) is 0 Å². The minimum Gasteiger partial charge on any atom is -0.378 e. The monoisotopic (exact) mass is 323 g/mol. The molecule has 4 heteroatoms. The van der Waals surface area contributed by atoms with Gasteiger partial charge in [0.05, 0.1) is 6.04 Å². The summed E-state index contributed by atoms with van der Waals surface area (Å²) in [7, 11) is 4.08. The highest BCUT2D eigenvalue weighted by Gasteiger charge is 2.27. The Bertz CT molecular complexity index is 709. The largest absolute Gasteiger partial charge is 0.378 e. The fourth-order valence-corrected chi connectivity index (χ4v) is 3.33. The first-order valence-corrected chi connectivity index (χ1v) is 8.42. The average molecular weight is 323 g/mol. The predicted octanol–water partition coefficient (Wildman–Crippen LogP) is 2.99. The van der Waals surface area contributed by atoms with Crippen LogP contribution in [0.1, 0.15) is 24.1 Å². The van der Waals surface area contributed by atoms with Crippen molar-refractivity contribution in [3.05, 3.63) is 59.7 Å². The lowest BCUT2D eigenvalue weighted by Crippen LogP contribution is -2.36. The van der Waals surface area contributed by atoms with Crippen LogP contribution in [-0.2, 0) is 11.2 Å². The van der Waals surface area contributed by atoms with Gasteiger partial charge in [0.1, 0.15) is 0 Å². The number of para-hydroxylation sites is 1. The smallest absolute Gasteiger partial charge is 0.216 e. The first-order chi connectivity index (χ1) is 11.6. The summed E-state index contributed by atoms with van der Waals surface area (Å²) in [5, 5.41) is 3.00. The summed E-state index contributed by atoms with van der Waals surface area (Å²) in [5.41, 5.74) is 5.07. The molecule has 0 aromatic heterocycles. The molecule has 0 spiro atoms. The van der Waals surface area contributed by atoms with Crippen LogP contribution in [0.15, 0.2) is 48.5 Å². The number of carbonyl (C=O) groups excluding carboxylic acids is 1. The minimum absolute atomic E-state index is 0.0115. The number of amides is 1. The molecule has 1 heterocycles. The molecule has 0 saturated carbocycles. The van der Waals surface area contributed by atoms with Gasteiger partial charge in [0.25, 0.3) is 0 Å². The maximum absolute atomic E-state index is 11.4. The predicted molar refractivity (Wildman–Crippen MR) is 99.7 cm³/mol. The van der Waals surface area contributed by atoms with Gasteiger partial charge in [-0.3, -0.25) is 4.79 Å². The molecule has 0 aliphatic carbocycles. The van der Waals surface area contributed by atoms with Crippen molar-refractivity contribution in [2.24, 2.45) is 0 Å². The molecule has 0 unspecified atom stereocenters. The van der Waals surface area contributed by atoms with Gasteiger partial charge in [-0.15, -0.1) is 0 Å². The van der Waals surface area contributed by atoms with Gasteiger partial charge in [-0.1, -0.05) is 30.3 Å². The van der Waals surface area contributed by atoms with Crippen LogP contribution in [0.25, 0.3) is 0 Å². The molecule has 4 nitrogen and oxygen atoms in total. The lowest BCUT2D eigenvalue weighted by molar-refractivity contribution is -0.119. The van der Waals surface area contributed by atoms with Crippen molar-refractivity contribution >= 4 is 17.3 Å². The first-order valence-electron chi connectivity index (χ1n) is 8.42. The van der Waals surface area contributed by atoms with E-state index in [0.29, 0.717) is 6.54 Å². The van der Waals surface area contributed by atoms with Gasteiger partial charge in [-0.2, -0.15) is 0 Å². The highest BCUT2D eigenvalue weighted by molar-refractivity contribution is 5.73. The maximum atomic E-state index is 11.4. The summed E-state index contributed by atoms with van der Waals surface area (Å²) in [6, 6.07) is 17.3. The van der Waals surface area contributed by atoms with Crippen molar-refractivity contribution in [2.75, 3.05) is 37.0 Å². The van der Waals surface area contributed by atoms with Gasteiger partial charge in [-0.25, -0.2) is 0 Å². The first kappa shape index (κ1) is 16.4. The topological polar surface area (TPSA) is 35.6 Å². The standard InChI is InChI=1S/C20H25N3O/c1-15(24)21-14-20(17-8-10-18(11-9-17)22(2)3)23-13-12-16-6-4-5-7-19(16)23/h4-11,20H,12-14H2,1-3H3,(H,21,24)/t20-/m0/s1. The molecule has 24 heavy (non-hydrogen) atoms. The lowest BCUT2D eigenvalue weighted by atomic mass is 10.0. The number of anilines is 2. The summed E-state index contributed by atoms with van der Waals surface area (Å²) < 4.78 is 0. The third kappa shape index (κ3) is 3.37. The second kappa shape index (κ2) is 6.95. The normalized spacial score (nSPS) is 14.2. The van der Waals surface area contributed by atoms with E-state index in [-0.39, 0.29) is 11.9 Å². The zero-order valence-corrected chi connectivity index (χ0v) is 14.6. The van der Waals surface area contributed by atoms with Crippen LogP contribution >= 0.6 is 0 Å². The zero-order valence-electron chi connectivity index (χ0n) is 14.6. The molecule has 0 bridgehead atoms. The molecule has 1 atom stereocenters. The van der Waals surface area contributed by atoms with E-state index >= 15 is 0 Å². The van der Waals surface area contributed by atoms with Crippen molar-refractivity contribution in [1.82, 2.24) is 5.32 Å². The minimum atomic E-state index is 0.0115. The molecule has 2 aromatic rings. The third-order valence-corrected chi connectivity index (χ3v) is 4.64. The summed E-state index contributed by atoms with van der Waals surface area (Å²) in [4.78, 5) is 16.0. The Morgan fingerprint density at radius 2 is 1.88 bits per heavy atom. The Morgan fingerprint density at radius 3 is 2.54 bits per heavy atom. The van der Waals surface area contributed by atoms with Crippen molar-refractivity contribution in [1.29, 1.82) is 0 Å². The zero-order chi connectivity index (χ0) is 17.1. The molecule has 0 saturated heterocycles. The molecule has 0 radical (unpaired) electrons. The van der Waals surface area contributed by atoms with E-state index in [1.54, 1.807) is 6.92 Å². The highest BCUT2D eigenvalue weighted by atomic mass is 16.1. The van der Waals surface area contributed by atoms with Crippen LogP contribution in [-0.4, -0.2) is 33.1 Å². The molecular weight excluding hydrogens is 298 g/mol. The number of rotatable bonds is 5. The van der Waals surface area contributed by atoms with Crippen LogP contribution in [0.2, 0.25) is 0 Å². The van der Waals surface area contributed by atoms with Gasteiger partial charge in [0, 0.05) is 45.5 Å². The van der Waals surface area contributed by atoms with Crippen LogP contribution < -0.4 is 15.1 Å². The molecule has 0 fully saturated rings. The van der Waals surface area contributed by atoms with Gasteiger partial charge in [-0.05, 0) is 35.7 Å². The Hall–Kier alpha value is -2.49. The average Bonchev–Trinajstić information content (AvgIpc) is 2.99. The SMILES string of the molecule is CC(=O)NC[C@@H](c1ccc(N(C)C)cc1)N1CCc2ccccc21. The number of carbonyl (C=O) groups is 1. The van der Waals surface area contributed by atoms with Crippen LogP contribution in [0, 0.1) is 0 Å². The van der Waals surface area contributed by atoms with Gasteiger partial charge < -0.3 is 15.1 Å². The third-order valence-electron chi connectivity index (χ3n) is 4.64. The van der Waals surface area contributed by atoms with E-state index in [1.807, 2.05) is 14.1 Å². The van der Waals surface area contributed by atoms with Gasteiger partial charge >= 0.3 is 0 Å². The number of hydrogen-bond donors (Lipinski definition) is 1. The van der Waals surface area contributed by atoms with E-state index in [9.17, 15) is 4.79 Å². The number of nitrogens with one attached hydrogen (secondary N) is 1. The van der Waals surface area contributed by atoms with Crippen LogP contribution in [0.5, 0.6) is 0 Å². The summed E-state index contributed by atoms with van der Waals surface area (Å²) in [5.74, 6) is 0.0115. The number of fused-ring (bicyclic) bond motifs is 1. The molecule has 3 rings (SSSR count). The molecule has 1 aliphatic rings. The van der Waals surface area contributed by atoms with E-state index in [2.05, 4.69) is 63.6 Å². The summed E-state index contributed by atoms with van der Waals surface area (Å²) in [6.07, 6.45) is 1.06. The molecule has 126 valence electrons. The van der Waals surface area contributed by atoms with Gasteiger partial charge in [0.15, 0.2) is 0 Å². The van der Waals surface area contributed by atoms with Gasteiger partial charge in [0.2, 0.25) is 5.91 Å². The van der Waals surface area contributed by atoms with E-state index in [0.717, 1.165) is 13.0 Å². The molecule has 1 N–H and O–H groups in total. The van der Waals surface area contributed by atoms with E-state index in [1.165, 1.54) is 22.5 Å². The Morgan fingerprint density at radius 1 is 1.17 bits per heavy atom. The summed E-state index contributed by atoms with van der Waals surface area (Å²) in [6.45, 7) is 3.17. The number of benzene rings is 2. The second-order valence-corrected chi connectivity index (χ2v) is 6.51. The van der Waals surface area contributed by atoms with E-state index in [4.69, 9.17) is 0 Å².